The summed E-state index contributed by atoms with van der Waals surface area (Å²) in [5.41, 5.74) is -3.63. The van der Waals surface area contributed by atoms with Crippen LogP contribution in [0.2, 0.25) is 0 Å². The Morgan fingerprint density at radius 2 is 1.66 bits per heavy atom. The second kappa shape index (κ2) is 9.32. The Hall–Kier alpha value is -2.87. The van der Waals surface area contributed by atoms with Gasteiger partial charge in [-0.2, -0.15) is 13.2 Å². The molecule has 0 radical (unpaired) electrons. The monoisotopic (exact) mass is 460 g/mol. The highest BCUT2D eigenvalue weighted by atomic mass is 32.2. The van der Waals surface area contributed by atoms with E-state index in [4.69, 9.17) is 0 Å². The molecule has 0 aliphatic rings. The lowest BCUT2D eigenvalue weighted by Gasteiger charge is -2.31. The summed E-state index contributed by atoms with van der Waals surface area (Å²) < 4.78 is 37.9. The van der Waals surface area contributed by atoms with Crippen molar-refractivity contribution < 1.29 is 18.0 Å². The normalized spacial score (nSPS) is 13.1. The molecule has 3 rings (SSSR count). The molecule has 1 N–H and O–H groups in total. The summed E-state index contributed by atoms with van der Waals surface area (Å²) in [5.74, 6) is -0.273. The average Bonchev–Trinajstić information content (AvgIpc) is 2.71. The minimum Gasteiger partial charge on any atom is -0.306 e. The molecule has 1 atom stereocenters. The first-order valence-electron chi connectivity index (χ1n) is 9.98. The number of nitrogens with one attached hydrogen (secondary N) is 1. The maximum Gasteiger partial charge on any atom is 0.446 e. The number of H-pyrrole nitrogens is 1. The lowest BCUT2D eigenvalue weighted by molar-refractivity contribution is -0.0328. The van der Waals surface area contributed by atoms with Crippen LogP contribution in [0.1, 0.15) is 49.2 Å². The first-order valence-corrected chi connectivity index (χ1v) is 10.8. The molecule has 0 unspecified atom stereocenters. The van der Waals surface area contributed by atoms with Crippen molar-refractivity contribution in [2.24, 2.45) is 5.41 Å². The van der Waals surface area contributed by atoms with Crippen LogP contribution in [0.15, 0.2) is 70.4 Å². The number of hydrogen-bond donors (Lipinski definition) is 1. The largest absolute Gasteiger partial charge is 0.446 e. The number of aromatic amines is 1. The summed E-state index contributed by atoms with van der Waals surface area (Å²) in [7, 11) is 0. The van der Waals surface area contributed by atoms with E-state index in [1.54, 1.807) is 36.4 Å². The Morgan fingerprint density at radius 3 is 2.22 bits per heavy atom. The van der Waals surface area contributed by atoms with Gasteiger partial charge in [0, 0.05) is 22.9 Å². The van der Waals surface area contributed by atoms with Crippen molar-refractivity contribution in [2.75, 3.05) is 0 Å². The molecule has 1 aromatic heterocycles. The zero-order valence-electron chi connectivity index (χ0n) is 17.9. The third-order valence-electron chi connectivity index (χ3n) is 5.03. The van der Waals surface area contributed by atoms with Crippen molar-refractivity contribution in [3.8, 4) is 11.4 Å². The van der Waals surface area contributed by atoms with Gasteiger partial charge in [-0.05, 0) is 40.8 Å². The van der Waals surface area contributed by atoms with Crippen molar-refractivity contribution in [3.63, 3.8) is 0 Å². The van der Waals surface area contributed by atoms with Crippen molar-refractivity contribution in [1.29, 1.82) is 0 Å². The van der Waals surface area contributed by atoms with Gasteiger partial charge in [-0.1, -0.05) is 63.2 Å². The molecule has 3 aromatic rings. The summed E-state index contributed by atoms with van der Waals surface area (Å²) in [6.07, 6.45) is 0.0694. The van der Waals surface area contributed by atoms with Crippen LogP contribution in [0.5, 0.6) is 0 Å². The molecule has 1 heterocycles. The predicted molar refractivity (Wildman–Crippen MR) is 120 cm³/mol. The van der Waals surface area contributed by atoms with Crippen LogP contribution < -0.4 is 5.56 Å². The van der Waals surface area contributed by atoms with Gasteiger partial charge >= 0.3 is 5.51 Å². The van der Waals surface area contributed by atoms with E-state index in [0.29, 0.717) is 11.4 Å². The van der Waals surface area contributed by atoms with Crippen molar-refractivity contribution in [2.45, 2.75) is 43.5 Å². The number of hydrogen-bond acceptors (Lipinski definition) is 4. The number of aromatic nitrogens is 2. The fourth-order valence-electron chi connectivity index (χ4n) is 3.45. The second-order valence-corrected chi connectivity index (χ2v) is 9.65. The number of benzene rings is 2. The van der Waals surface area contributed by atoms with Crippen LogP contribution in [0.4, 0.5) is 13.2 Å². The summed E-state index contributed by atoms with van der Waals surface area (Å²) in [5, 5.41) is 0. The molecule has 0 bridgehead atoms. The van der Waals surface area contributed by atoms with Gasteiger partial charge in [0.25, 0.3) is 5.56 Å². The van der Waals surface area contributed by atoms with Crippen LogP contribution in [0, 0.1) is 5.41 Å². The van der Waals surface area contributed by atoms with Crippen molar-refractivity contribution >= 4 is 17.5 Å². The number of carbonyl (C=O) groups is 1. The molecule has 0 saturated heterocycles. The molecule has 0 aliphatic heterocycles. The maximum absolute atomic E-state index is 13.1. The molecule has 0 fully saturated rings. The number of rotatable bonds is 6. The van der Waals surface area contributed by atoms with Crippen LogP contribution >= 0.6 is 11.8 Å². The molecule has 0 aliphatic carbocycles. The van der Waals surface area contributed by atoms with Gasteiger partial charge in [0.2, 0.25) is 0 Å². The Labute approximate surface area is 188 Å². The highest BCUT2D eigenvalue weighted by Crippen LogP contribution is 2.41. The van der Waals surface area contributed by atoms with Crippen molar-refractivity contribution in [1.82, 2.24) is 9.97 Å². The zero-order valence-corrected chi connectivity index (χ0v) is 18.7. The zero-order chi connectivity index (χ0) is 23.5. The second-order valence-electron chi connectivity index (χ2n) is 8.51. The number of halogens is 3. The van der Waals surface area contributed by atoms with Crippen LogP contribution in [-0.4, -0.2) is 21.3 Å². The van der Waals surface area contributed by atoms with E-state index in [9.17, 15) is 22.8 Å². The van der Waals surface area contributed by atoms with Gasteiger partial charge in [0.05, 0.1) is 0 Å². The fraction of sp³-hybridized carbons (Fsp3) is 0.292. The predicted octanol–water partition coefficient (Wildman–Crippen LogP) is 6.45. The lowest BCUT2D eigenvalue weighted by atomic mass is 9.73. The molecular weight excluding hydrogens is 437 g/mol. The fourth-order valence-corrected chi connectivity index (χ4v) is 3.99. The first kappa shape index (κ1) is 23.8. The third kappa shape index (κ3) is 6.32. The van der Waals surface area contributed by atoms with E-state index in [1.165, 1.54) is 18.2 Å². The number of thioether (sulfide) groups is 1. The maximum atomic E-state index is 13.1. The minimum atomic E-state index is -4.36. The Balaban J connectivity index is 1.88. The smallest absolute Gasteiger partial charge is 0.306 e. The molecule has 2 aromatic carbocycles. The first-order chi connectivity index (χ1) is 14.9. The quantitative estimate of drug-likeness (QED) is 0.339. The summed E-state index contributed by atoms with van der Waals surface area (Å²) in [6.45, 7) is 5.89. The molecule has 8 heteroatoms. The van der Waals surface area contributed by atoms with E-state index >= 15 is 0 Å². The molecule has 168 valence electrons. The Kier molecular flexibility index (Phi) is 6.93. The molecule has 32 heavy (non-hydrogen) atoms. The van der Waals surface area contributed by atoms with E-state index in [-0.39, 0.29) is 45.9 Å². The van der Waals surface area contributed by atoms with Gasteiger partial charge in [-0.15, -0.1) is 0 Å². The summed E-state index contributed by atoms with van der Waals surface area (Å²) in [6, 6.07) is 16.3. The average molecular weight is 461 g/mol. The van der Waals surface area contributed by atoms with Gasteiger partial charge in [0.15, 0.2) is 5.78 Å². The highest BCUT2D eigenvalue weighted by Gasteiger charge is 2.31. The van der Waals surface area contributed by atoms with Crippen LogP contribution in [0.3, 0.4) is 0 Å². The third-order valence-corrected chi connectivity index (χ3v) is 5.76. The van der Waals surface area contributed by atoms with E-state index < -0.39 is 11.1 Å². The van der Waals surface area contributed by atoms with E-state index in [2.05, 4.69) is 9.97 Å². The number of Topliss-reactive ketones (excluding diaryl/α,β-unsaturated/α-hetero) is 1. The van der Waals surface area contributed by atoms with Gasteiger partial charge in [0.1, 0.15) is 11.5 Å². The highest BCUT2D eigenvalue weighted by molar-refractivity contribution is 8.00. The number of nitrogens with zero attached hydrogens (tertiary/aromatic N) is 1. The topological polar surface area (TPSA) is 62.8 Å². The molecule has 0 spiro atoms. The number of carbonyl (C=O) groups excluding carboxylic acids is 1. The Bertz CT molecular complexity index is 1130. The number of ketones is 1. The minimum absolute atomic E-state index is 0.0612. The SMILES string of the molecule is CC(C)(C)[C@@H](CC(=O)c1cc(=O)[nH]c(-c2ccccc2)n1)c1ccc(SC(F)(F)F)cc1. The standard InChI is InChI=1S/C24H23F3N2O2S/c1-23(2,3)18(15-9-11-17(12-10-15)32-24(25,26)27)13-20(30)19-14-21(31)29-22(28-19)16-7-5-4-6-8-16/h4-12,14,18H,13H2,1-3H3,(H,28,29,31)/t18-/m0/s1. The summed E-state index contributed by atoms with van der Waals surface area (Å²) in [4.78, 5) is 32.3. The Morgan fingerprint density at radius 1 is 1.03 bits per heavy atom. The lowest BCUT2D eigenvalue weighted by Crippen LogP contribution is -2.23. The van der Waals surface area contributed by atoms with Crippen LogP contribution in [0.25, 0.3) is 11.4 Å². The van der Waals surface area contributed by atoms with Crippen molar-refractivity contribution in [3.05, 3.63) is 82.3 Å². The number of alkyl halides is 3. The van der Waals surface area contributed by atoms with Gasteiger partial charge in [-0.3, -0.25) is 9.59 Å². The molecular formula is C24H23F3N2O2S. The summed E-state index contributed by atoms with van der Waals surface area (Å²) >= 11 is -0.175. The van der Waals surface area contributed by atoms with Gasteiger partial charge < -0.3 is 4.98 Å². The van der Waals surface area contributed by atoms with Crippen LogP contribution in [-0.2, 0) is 0 Å². The van der Waals surface area contributed by atoms with E-state index in [1.807, 2.05) is 26.8 Å². The van der Waals surface area contributed by atoms with E-state index in [0.717, 1.165) is 5.56 Å². The van der Waals surface area contributed by atoms with Gasteiger partial charge in [-0.25, -0.2) is 4.98 Å². The molecule has 0 amide bonds. The molecule has 0 saturated carbocycles. The molecule has 4 nitrogen and oxygen atoms in total.